The van der Waals surface area contributed by atoms with Gasteiger partial charge >= 0.3 is 0 Å². The lowest BCUT2D eigenvalue weighted by Gasteiger charge is -2.14. The molecule has 0 fully saturated rings. The average molecular weight is 247 g/mol. The van der Waals surface area contributed by atoms with E-state index in [9.17, 15) is 8.42 Å². The van der Waals surface area contributed by atoms with Crippen molar-refractivity contribution in [2.45, 2.75) is 25.9 Å². The molecule has 1 rings (SSSR count). The van der Waals surface area contributed by atoms with Crippen molar-refractivity contribution in [1.82, 2.24) is 4.72 Å². The van der Waals surface area contributed by atoms with Crippen molar-refractivity contribution in [2.75, 3.05) is 13.2 Å². The Morgan fingerprint density at radius 3 is 2.62 bits per heavy atom. The summed E-state index contributed by atoms with van der Waals surface area (Å²) in [5, 5.41) is 17.6. The number of allylic oxidation sites excluding steroid dienone is 4. The fourth-order valence-electron chi connectivity index (χ4n) is 1.31. The van der Waals surface area contributed by atoms with Gasteiger partial charge in [0, 0.05) is 6.54 Å². The third-order valence-corrected chi connectivity index (χ3v) is 3.96. The molecule has 0 bridgehead atoms. The molecule has 0 spiro atoms. The minimum Gasteiger partial charge on any atom is -0.394 e. The normalized spacial score (nSPS) is 18.9. The summed E-state index contributed by atoms with van der Waals surface area (Å²) < 4.78 is 25.7. The van der Waals surface area contributed by atoms with E-state index in [1.807, 2.05) is 6.92 Å². The third-order valence-electron chi connectivity index (χ3n) is 2.38. The topological polar surface area (TPSA) is 86.6 Å². The fourth-order valence-corrected chi connectivity index (χ4v) is 2.52. The molecule has 0 aromatic rings. The minimum atomic E-state index is -3.52. The number of rotatable bonds is 5. The van der Waals surface area contributed by atoms with Crippen molar-refractivity contribution in [1.29, 1.82) is 0 Å². The second-order valence-corrected chi connectivity index (χ2v) is 5.65. The summed E-state index contributed by atoms with van der Waals surface area (Å²) in [5.41, 5.74) is 1.15. The molecular formula is C10H17NO4S. The monoisotopic (exact) mass is 247 g/mol. The Balaban J connectivity index is 2.65. The van der Waals surface area contributed by atoms with Crippen LogP contribution in [0.15, 0.2) is 22.6 Å². The zero-order valence-electron chi connectivity index (χ0n) is 9.18. The van der Waals surface area contributed by atoms with E-state index in [-0.39, 0.29) is 6.54 Å². The maximum absolute atomic E-state index is 11.7. The Kier molecular flexibility index (Phi) is 4.67. The molecule has 6 heteroatoms. The molecule has 92 valence electrons. The largest absolute Gasteiger partial charge is 0.394 e. The molecule has 1 unspecified atom stereocenters. The lowest BCUT2D eigenvalue weighted by molar-refractivity contribution is 0.0988. The Morgan fingerprint density at radius 1 is 1.44 bits per heavy atom. The van der Waals surface area contributed by atoms with E-state index >= 15 is 0 Å². The van der Waals surface area contributed by atoms with Crippen molar-refractivity contribution in [2.24, 2.45) is 0 Å². The maximum atomic E-state index is 11.7. The molecule has 0 heterocycles. The quantitative estimate of drug-likeness (QED) is 0.632. The van der Waals surface area contributed by atoms with Crippen LogP contribution in [0.1, 0.15) is 19.8 Å². The molecular weight excluding hydrogens is 230 g/mol. The summed E-state index contributed by atoms with van der Waals surface area (Å²) in [4.78, 5) is 0.322. The van der Waals surface area contributed by atoms with Crippen molar-refractivity contribution < 1.29 is 18.6 Å². The Hall–Kier alpha value is -0.690. The van der Waals surface area contributed by atoms with Crippen LogP contribution < -0.4 is 4.72 Å². The van der Waals surface area contributed by atoms with E-state index in [0.717, 1.165) is 12.0 Å². The molecule has 3 N–H and O–H groups in total. The van der Waals surface area contributed by atoms with Crippen LogP contribution in [0.3, 0.4) is 0 Å². The van der Waals surface area contributed by atoms with E-state index in [0.29, 0.717) is 11.3 Å². The van der Waals surface area contributed by atoms with Gasteiger partial charge in [0.05, 0.1) is 17.6 Å². The van der Waals surface area contributed by atoms with Crippen LogP contribution in [0.5, 0.6) is 0 Å². The number of sulfonamides is 1. The number of hydrogen-bond donors (Lipinski definition) is 3. The van der Waals surface area contributed by atoms with Crippen molar-refractivity contribution in [3.63, 3.8) is 0 Å². The highest BCUT2D eigenvalue weighted by Crippen LogP contribution is 2.21. The van der Waals surface area contributed by atoms with Gasteiger partial charge < -0.3 is 10.2 Å². The van der Waals surface area contributed by atoms with E-state index in [1.54, 1.807) is 12.2 Å². The van der Waals surface area contributed by atoms with Crippen LogP contribution in [0.2, 0.25) is 0 Å². The summed E-state index contributed by atoms with van der Waals surface area (Å²) in [5.74, 6) is 0. The van der Waals surface area contributed by atoms with Gasteiger partial charge in [-0.1, -0.05) is 11.6 Å². The molecule has 0 radical (unpaired) electrons. The Morgan fingerprint density at radius 2 is 2.12 bits per heavy atom. The number of aliphatic hydroxyl groups excluding tert-OH is 2. The van der Waals surface area contributed by atoms with Gasteiger partial charge in [-0.05, 0) is 25.8 Å². The SMILES string of the molecule is CC1=CC=C(S(=O)(=O)NCC(O)CO)CC1. The molecule has 0 saturated heterocycles. The maximum Gasteiger partial charge on any atom is 0.236 e. The van der Waals surface area contributed by atoms with Crippen molar-refractivity contribution in [3.05, 3.63) is 22.6 Å². The molecule has 16 heavy (non-hydrogen) atoms. The van der Waals surface area contributed by atoms with Crippen LogP contribution in [0, 0.1) is 0 Å². The van der Waals surface area contributed by atoms with Crippen LogP contribution in [-0.4, -0.2) is 37.9 Å². The first-order valence-electron chi connectivity index (χ1n) is 5.10. The average Bonchev–Trinajstić information content (AvgIpc) is 2.26. The smallest absolute Gasteiger partial charge is 0.236 e. The molecule has 1 aliphatic carbocycles. The lowest BCUT2D eigenvalue weighted by atomic mass is 10.1. The van der Waals surface area contributed by atoms with Crippen LogP contribution in [0.25, 0.3) is 0 Å². The molecule has 1 aliphatic rings. The first-order valence-corrected chi connectivity index (χ1v) is 6.59. The van der Waals surface area contributed by atoms with Crippen LogP contribution in [0.4, 0.5) is 0 Å². The minimum absolute atomic E-state index is 0.168. The van der Waals surface area contributed by atoms with Gasteiger partial charge in [0.2, 0.25) is 10.0 Å². The predicted molar refractivity (Wildman–Crippen MR) is 61.1 cm³/mol. The summed E-state index contributed by atoms with van der Waals surface area (Å²) in [7, 11) is -3.52. The van der Waals surface area contributed by atoms with E-state index in [2.05, 4.69) is 4.72 Å². The van der Waals surface area contributed by atoms with Crippen LogP contribution in [-0.2, 0) is 10.0 Å². The highest BCUT2D eigenvalue weighted by Gasteiger charge is 2.19. The zero-order chi connectivity index (χ0) is 12.2. The summed E-state index contributed by atoms with van der Waals surface area (Å²) in [6.45, 7) is 1.32. The highest BCUT2D eigenvalue weighted by atomic mass is 32.2. The Labute approximate surface area is 95.5 Å². The molecule has 0 amide bonds. The Bertz CT molecular complexity index is 397. The summed E-state index contributed by atoms with van der Waals surface area (Å²) >= 11 is 0. The first-order chi connectivity index (χ1) is 7.45. The first kappa shape index (κ1) is 13.4. The highest BCUT2D eigenvalue weighted by molar-refractivity contribution is 7.93. The third kappa shape index (κ3) is 3.71. The summed E-state index contributed by atoms with van der Waals surface area (Å²) in [6, 6.07) is 0. The number of nitrogens with one attached hydrogen (secondary N) is 1. The molecule has 0 saturated carbocycles. The van der Waals surface area contributed by atoms with Gasteiger partial charge in [0.25, 0.3) is 0 Å². The van der Waals surface area contributed by atoms with Crippen molar-refractivity contribution in [3.8, 4) is 0 Å². The zero-order valence-corrected chi connectivity index (χ0v) is 10.00. The lowest BCUT2D eigenvalue weighted by Crippen LogP contribution is -2.34. The standard InChI is InChI=1S/C10H17NO4S/c1-8-2-4-10(5-3-8)16(14,15)11-6-9(13)7-12/h2,4,9,11-13H,3,5-7H2,1H3. The number of hydrogen-bond acceptors (Lipinski definition) is 4. The van der Waals surface area contributed by atoms with Crippen LogP contribution >= 0.6 is 0 Å². The second-order valence-electron chi connectivity index (χ2n) is 3.83. The van der Waals surface area contributed by atoms with E-state index in [4.69, 9.17) is 10.2 Å². The summed E-state index contributed by atoms with van der Waals surface area (Å²) in [6.07, 6.45) is 3.51. The van der Waals surface area contributed by atoms with E-state index < -0.39 is 22.7 Å². The van der Waals surface area contributed by atoms with Gasteiger partial charge in [-0.2, -0.15) is 0 Å². The van der Waals surface area contributed by atoms with Gasteiger partial charge in [-0.3, -0.25) is 0 Å². The molecule has 5 nitrogen and oxygen atoms in total. The van der Waals surface area contributed by atoms with Crippen molar-refractivity contribution >= 4 is 10.0 Å². The second kappa shape index (κ2) is 5.58. The van der Waals surface area contributed by atoms with Gasteiger partial charge in [-0.15, -0.1) is 0 Å². The fraction of sp³-hybridized carbons (Fsp3) is 0.600. The van der Waals surface area contributed by atoms with Gasteiger partial charge in [0.15, 0.2) is 0 Å². The molecule has 0 aromatic heterocycles. The molecule has 0 aliphatic heterocycles. The van der Waals surface area contributed by atoms with E-state index in [1.165, 1.54) is 0 Å². The predicted octanol–water partition coefficient (Wildman–Crippen LogP) is -0.117. The number of aliphatic hydroxyl groups is 2. The van der Waals surface area contributed by atoms with Gasteiger partial charge in [0.1, 0.15) is 0 Å². The molecule has 1 atom stereocenters. The molecule has 0 aromatic carbocycles. The van der Waals surface area contributed by atoms with Gasteiger partial charge in [-0.25, -0.2) is 13.1 Å².